The fraction of sp³-hybridized carbons (Fsp3) is 0.900. The van der Waals surface area contributed by atoms with Crippen molar-refractivity contribution >= 4 is 6.29 Å². The van der Waals surface area contributed by atoms with E-state index in [4.69, 9.17) is 0 Å². The van der Waals surface area contributed by atoms with Gasteiger partial charge in [0.25, 0.3) is 0 Å². The van der Waals surface area contributed by atoms with Crippen molar-refractivity contribution in [1.82, 2.24) is 0 Å². The highest BCUT2D eigenvalue weighted by molar-refractivity contribution is 5.76. The van der Waals surface area contributed by atoms with Crippen LogP contribution in [0.2, 0.25) is 0 Å². The molecule has 4 fully saturated rings. The van der Waals surface area contributed by atoms with E-state index < -0.39 is 0 Å². The second kappa shape index (κ2) is 6.73. The standard InChI is InChI=1S/C30H48O/c1-20(2)22-11-12-24-27(22,4)15-17-30(7)25-13-14-26(3)21(19-31)9-8-10-23(26)28(25,5)16-18-29(24,30)6/h9,19-20,22-25H,8,10-18H2,1-7H3. The van der Waals surface area contributed by atoms with Crippen LogP contribution in [-0.2, 0) is 4.79 Å². The van der Waals surface area contributed by atoms with Crippen molar-refractivity contribution in [2.45, 2.75) is 113 Å². The first kappa shape index (κ1) is 22.2. The van der Waals surface area contributed by atoms with E-state index in [1.54, 1.807) is 0 Å². The molecule has 0 heterocycles. The Hall–Kier alpha value is -0.590. The summed E-state index contributed by atoms with van der Waals surface area (Å²) < 4.78 is 0. The zero-order valence-electron chi connectivity index (χ0n) is 21.5. The number of fused-ring (bicyclic) bond motifs is 7. The van der Waals surface area contributed by atoms with Gasteiger partial charge >= 0.3 is 0 Å². The molecule has 0 amide bonds. The first-order valence-electron chi connectivity index (χ1n) is 13.6. The molecule has 0 radical (unpaired) electrons. The van der Waals surface area contributed by atoms with Crippen LogP contribution in [-0.4, -0.2) is 6.29 Å². The van der Waals surface area contributed by atoms with E-state index in [-0.39, 0.29) is 5.41 Å². The molecule has 0 aromatic rings. The van der Waals surface area contributed by atoms with Gasteiger partial charge in [0.1, 0.15) is 6.29 Å². The predicted octanol–water partition coefficient (Wildman–Crippen LogP) is 8.23. The Morgan fingerprint density at radius 3 is 2.00 bits per heavy atom. The van der Waals surface area contributed by atoms with Crippen molar-refractivity contribution in [2.24, 2.45) is 56.7 Å². The molecule has 4 saturated carbocycles. The first-order chi connectivity index (χ1) is 14.5. The summed E-state index contributed by atoms with van der Waals surface area (Å²) >= 11 is 0. The number of allylic oxidation sites excluding steroid dienone is 2. The molecule has 0 aromatic carbocycles. The largest absolute Gasteiger partial charge is 0.298 e. The van der Waals surface area contributed by atoms with Gasteiger partial charge in [0.2, 0.25) is 0 Å². The highest BCUT2D eigenvalue weighted by Gasteiger charge is 2.71. The molecular weight excluding hydrogens is 376 g/mol. The Morgan fingerprint density at radius 2 is 1.39 bits per heavy atom. The van der Waals surface area contributed by atoms with Crippen LogP contribution in [0, 0.1) is 56.7 Å². The molecule has 1 heteroatoms. The fourth-order valence-electron chi connectivity index (χ4n) is 11.7. The zero-order chi connectivity index (χ0) is 22.4. The Bertz CT molecular complexity index is 794. The molecule has 0 aromatic heterocycles. The van der Waals surface area contributed by atoms with Crippen molar-refractivity contribution < 1.29 is 4.79 Å². The minimum absolute atomic E-state index is 0.120. The number of aldehydes is 1. The van der Waals surface area contributed by atoms with E-state index in [0.717, 1.165) is 35.7 Å². The van der Waals surface area contributed by atoms with Crippen molar-refractivity contribution in [3.8, 4) is 0 Å². The number of carbonyl (C=O) groups is 1. The Morgan fingerprint density at radius 1 is 0.774 bits per heavy atom. The van der Waals surface area contributed by atoms with Crippen LogP contribution in [0.4, 0.5) is 0 Å². The third-order valence-corrected chi connectivity index (χ3v) is 13.3. The number of carbonyl (C=O) groups excluding carboxylic acids is 1. The molecule has 0 bridgehead atoms. The molecule has 1 nitrogen and oxygen atoms in total. The minimum Gasteiger partial charge on any atom is -0.298 e. The summed E-state index contributed by atoms with van der Waals surface area (Å²) in [5, 5.41) is 0. The van der Waals surface area contributed by atoms with Crippen LogP contribution in [0.15, 0.2) is 11.6 Å². The summed E-state index contributed by atoms with van der Waals surface area (Å²) in [5.74, 6) is 4.15. The van der Waals surface area contributed by atoms with Crippen molar-refractivity contribution in [3.63, 3.8) is 0 Å². The molecule has 31 heavy (non-hydrogen) atoms. The highest BCUT2D eigenvalue weighted by atomic mass is 16.1. The van der Waals surface area contributed by atoms with Crippen LogP contribution in [0.5, 0.6) is 0 Å². The van der Waals surface area contributed by atoms with Crippen LogP contribution in [0.25, 0.3) is 0 Å². The minimum atomic E-state index is 0.120. The summed E-state index contributed by atoms with van der Waals surface area (Å²) in [7, 11) is 0. The average Bonchev–Trinajstić information content (AvgIpc) is 3.08. The zero-order valence-corrected chi connectivity index (χ0v) is 21.5. The third-order valence-electron chi connectivity index (χ3n) is 13.3. The fourth-order valence-corrected chi connectivity index (χ4v) is 11.7. The van der Waals surface area contributed by atoms with Gasteiger partial charge in [0.15, 0.2) is 0 Å². The van der Waals surface area contributed by atoms with E-state index in [0.29, 0.717) is 27.6 Å². The quantitative estimate of drug-likeness (QED) is 0.408. The van der Waals surface area contributed by atoms with Gasteiger partial charge in [-0.25, -0.2) is 0 Å². The Labute approximate surface area is 192 Å². The summed E-state index contributed by atoms with van der Waals surface area (Å²) in [6, 6.07) is 0. The van der Waals surface area contributed by atoms with Gasteiger partial charge in [0.05, 0.1) is 0 Å². The summed E-state index contributed by atoms with van der Waals surface area (Å²) in [5.41, 5.74) is 3.15. The molecule has 9 atom stereocenters. The van der Waals surface area contributed by atoms with Gasteiger partial charge in [-0.1, -0.05) is 54.5 Å². The van der Waals surface area contributed by atoms with Crippen LogP contribution in [0.1, 0.15) is 113 Å². The van der Waals surface area contributed by atoms with Crippen molar-refractivity contribution in [3.05, 3.63) is 11.6 Å². The molecule has 0 saturated heterocycles. The summed E-state index contributed by atoms with van der Waals surface area (Å²) in [6.45, 7) is 18.2. The second-order valence-corrected chi connectivity index (χ2v) is 14.2. The highest BCUT2D eigenvalue weighted by Crippen LogP contribution is 2.78. The number of rotatable bonds is 2. The molecule has 5 aliphatic carbocycles. The lowest BCUT2D eigenvalue weighted by atomic mass is 9.32. The van der Waals surface area contributed by atoms with E-state index >= 15 is 0 Å². The van der Waals surface area contributed by atoms with E-state index in [9.17, 15) is 4.79 Å². The lowest BCUT2D eigenvalue weighted by molar-refractivity contribution is -0.235. The molecule has 0 spiro atoms. The first-order valence-corrected chi connectivity index (χ1v) is 13.6. The lowest BCUT2D eigenvalue weighted by Gasteiger charge is -2.73. The molecule has 9 unspecified atom stereocenters. The van der Waals surface area contributed by atoms with E-state index in [1.807, 2.05) is 0 Å². The molecular formula is C30H48O. The van der Waals surface area contributed by atoms with Crippen LogP contribution < -0.4 is 0 Å². The SMILES string of the molecule is CC(C)C1CCC2C1(C)CCC1(C)C3CCC4(C)C(C=O)=CCCC4C3(C)CCC21C. The Kier molecular flexibility index (Phi) is 4.82. The van der Waals surface area contributed by atoms with Gasteiger partial charge in [0, 0.05) is 0 Å². The lowest BCUT2D eigenvalue weighted by Crippen LogP contribution is -2.66. The molecule has 0 aliphatic heterocycles. The normalized spacial score (nSPS) is 56.2. The van der Waals surface area contributed by atoms with Gasteiger partial charge < -0.3 is 0 Å². The molecule has 174 valence electrons. The predicted molar refractivity (Wildman–Crippen MR) is 130 cm³/mol. The maximum atomic E-state index is 12.0. The van der Waals surface area contributed by atoms with Crippen LogP contribution in [0.3, 0.4) is 0 Å². The second-order valence-electron chi connectivity index (χ2n) is 14.2. The van der Waals surface area contributed by atoms with Crippen molar-refractivity contribution in [1.29, 1.82) is 0 Å². The molecule has 0 N–H and O–H groups in total. The smallest absolute Gasteiger partial charge is 0.146 e. The number of hydrogen-bond donors (Lipinski definition) is 0. The summed E-state index contributed by atoms with van der Waals surface area (Å²) in [4.78, 5) is 12.0. The van der Waals surface area contributed by atoms with Gasteiger partial charge in [-0.05, 0) is 126 Å². The third kappa shape index (κ3) is 2.53. The van der Waals surface area contributed by atoms with Gasteiger partial charge in [-0.15, -0.1) is 0 Å². The maximum absolute atomic E-state index is 12.0. The van der Waals surface area contributed by atoms with Crippen molar-refractivity contribution in [2.75, 3.05) is 0 Å². The monoisotopic (exact) mass is 424 g/mol. The number of hydrogen-bond acceptors (Lipinski definition) is 1. The topological polar surface area (TPSA) is 17.1 Å². The summed E-state index contributed by atoms with van der Waals surface area (Å²) in [6.07, 6.45) is 17.0. The Balaban J connectivity index is 1.54. The average molecular weight is 425 g/mol. The maximum Gasteiger partial charge on any atom is 0.146 e. The van der Waals surface area contributed by atoms with Gasteiger partial charge in [-0.2, -0.15) is 0 Å². The van der Waals surface area contributed by atoms with Crippen LogP contribution >= 0.6 is 0 Å². The van der Waals surface area contributed by atoms with E-state index in [2.05, 4.69) is 54.5 Å². The van der Waals surface area contributed by atoms with Gasteiger partial charge in [-0.3, -0.25) is 4.79 Å². The molecule has 5 aliphatic rings. The van der Waals surface area contributed by atoms with E-state index in [1.165, 1.54) is 64.1 Å². The molecule has 5 rings (SSSR count).